The number of benzene rings is 2. The number of aromatic nitrogens is 4. The average Bonchev–Trinajstić information content (AvgIpc) is 3.32. The standard InChI is InChI=1S/C21H18F2N6O3/c1-13-20(29(31)32)19(21(22)23)26-28(13)12-18(30)25-16-9-24-27(11-16)10-15-7-4-6-14-5-2-3-8-17(14)15/h2-9,11,21H,10,12H2,1H3,(H,25,30). The van der Waals surface area contributed by atoms with Crippen molar-refractivity contribution in [3.05, 3.63) is 81.9 Å². The van der Waals surface area contributed by atoms with Crippen molar-refractivity contribution in [3.8, 4) is 0 Å². The third-order valence-corrected chi connectivity index (χ3v) is 5.01. The van der Waals surface area contributed by atoms with E-state index in [-0.39, 0.29) is 5.69 Å². The fraction of sp³-hybridized carbons (Fsp3) is 0.190. The molecule has 0 fully saturated rings. The Morgan fingerprint density at radius 1 is 1.22 bits per heavy atom. The lowest BCUT2D eigenvalue weighted by Crippen LogP contribution is -2.20. The summed E-state index contributed by atoms with van der Waals surface area (Å²) in [4.78, 5) is 22.5. The van der Waals surface area contributed by atoms with Crippen LogP contribution in [0.3, 0.4) is 0 Å². The second-order valence-corrected chi connectivity index (χ2v) is 7.15. The molecule has 4 aromatic rings. The predicted molar refractivity (Wildman–Crippen MR) is 112 cm³/mol. The lowest BCUT2D eigenvalue weighted by atomic mass is 10.0. The van der Waals surface area contributed by atoms with E-state index in [1.54, 1.807) is 10.9 Å². The van der Waals surface area contributed by atoms with Crippen molar-refractivity contribution >= 4 is 28.1 Å². The molecule has 4 rings (SSSR count). The van der Waals surface area contributed by atoms with Crippen LogP contribution in [0.15, 0.2) is 54.9 Å². The van der Waals surface area contributed by atoms with Gasteiger partial charge in [-0.05, 0) is 23.3 Å². The highest BCUT2D eigenvalue weighted by Gasteiger charge is 2.31. The summed E-state index contributed by atoms with van der Waals surface area (Å²) in [7, 11) is 0. The van der Waals surface area contributed by atoms with Gasteiger partial charge in [0.15, 0.2) is 0 Å². The minimum Gasteiger partial charge on any atom is -0.322 e. The zero-order chi connectivity index (χ0) is 22.8. The third-order valence-electron chi connectivity index (χ3n) is 5.01. The number of hydrogen-bond acceptors (Lipinski definition) is 5. The van der Waals surface area contributed by atoms with Gasteiger partial charge >= 0.3 is 5.69 Å². The number of anilines is 1. The molecule has 164 valence electrons. The topological polar surface area (TPSA) is 108 Å². The number of alkyl halides is 2. The van der Waals surface area contributed by atoms with E-state index in [2.05, 4.69) is 15.5 Å². The van der Waals surface area contributed by atoms with Gasteiger partial charge in [-0.2, -0.15) is 10.2 Å². The Kier molecular flexibility index (Phi) is 5.63. The molecule has 2 heterocycles. The van der Waals surface area contributed by atoms with Crippen LogP contribution in [0.25, 0.3) is 10.8 Å². The third kappa shape index (κ3) is 4.17. The van der Waals surface area contributed by atoms with Gasteiger partial charge in [-0.15, -0.1) is 0 Å². The fourth-order valence-corrected chi connectivity index (χ4v) is 3.54. The maximum atomic E-state index is 13.1. The Balaban J connectivity index is 1.47. The van der Waals surface area contributed by atoms with E-state index in [9.17, 15) is 23.7 Å². The van der Waals surface area contributed by atoms with Crippen LogP contribution in [0.4, 0.5) is 20.2 Å². The Morgan fingerprint density at radius 2 is 1.97 bits per heavy atom. The molecule has 0 saturated heterocycles. The summed E-state index contributed by atoms with van der Waals surface area (Å²) in [5.74, 6) is -0.573. The first-order valence-electron chi connectivity index (χ1n) is 9.62. The monoisotopic (exact) mass is 440 g/mol. The smallest absolute Gasteiger partial charge is 0.319 e. The minimum absolute atomic E-state index is 0.118. The summed E-state index contributed by atoms with van der Waals surface area (Å²) in [6.45, 7) is 1.31. The van der Waals surface area contributed by atoms with Gasteiger partial charge in [-0.25, -0.2) is 8.78 Å². The number of nitro groups is 1. The van der Waals surface area contributed by atoms with E-state index in [0.29, 0.717) is 12.2 Å². The highest BCUT2D eigenvalue weighted by molar-refractivity contribution is 5.90. The maximum absolute atomic E-state index is 13.1. The van der Waals surface area contributed by atoms with Gasteiger partial charge in [-0.3, -0.25) is 24.3 Å². The molecule has 1 N–H and O–H groups in total. The summed E-state index contributed by atoms with van der Waals surface area (Å²) in [5.41, 5.74) is -0.391. The van der Waals surface area contributed by atoms with E-state index in [0.717, 1.165) is 21.0 Å². The number of halogens is 2. The van der Waals surface area contributed by atoms with Crippen LogP contribution in [-0.2, 0) is 17.9 Å². The number of amides is 1. The van der Waals surface area contributed by atoms with Gasteiger partial charge < -0.3 is 5.32 Å². The normalized spacial score (nSPS) is 11.2. The molecule has 1 amide bonds. The van der Waals surface area contributed by atoms with Crippen LogP contribution in [0.1, 0.15) is 23.4 Å². The van der Waals surface area contributed by atoms with Crippen LogP contribution in [0.5, 0.6) is 0 Å². The van der Waals surface area contributed by atoms with Gasteiger partial charge in [-0.1, -0.05) is 42.5 Å². The molecule has 0 atom stereocenters. The Hall–Kier alpha value is -4.15. The predicted octanol–water partition coefficient (Wildman–Crippen LogP) is 4.07. The summed E-state index contributed by atoms with van der Waals surface area (Å²) in [6, 6.07) is 14.0. The largest absolute Gasteiger partial charge is 0.322 e. The summed E-state index contributed by atoms with van der Waals surface area (Å²) in [5, 5.41) is 23.7. The van der Waals surface area contributed by atoms with Crippen LogP contribution in [0, 0.1) is 17.0 Å². The number of nitrogens with one attached hydrogen (secondary N) is 1. The van der Waals surface area contributed by atoms with Crippen molar-refractivity contribution in [1.82, 2.24) is 19.6 Å². The van der Waals surface area contributed by atoms with E-state index in [1.165, 1.54) is 13.1 Å². The molecule has 0 unspecified atom stereocenters. The molecule has 2 aromatic heterocycles. The van der Waals surface area contributed by atoms with Crippen LogP contribution >= 0.6 is 0 Å². The molecule has 0 saturated carbocycles. The van der Waals surface area contributed by atoms with Gasteiger partial charge in [0, 0.05) is 6.20 Å². The van der Waals surface area contributed by atoms with Gasteiger partial charge in [0.2, 0.25) is 11.6 Å². The molecule has 0 spiro atoms. The average molecular weight is 440 g/mol. The number of carbonyl (C=O) groups is 1. The second-order valence-electron chi connectivity index (χ2n) is 7.15. The van der Waals surface area contributed by atoms with Crippen molar-refractivity contribution in [2.24, 2.45) is 0 Å². The van der Waals surface area contributed by atoms with Crippen LogP contribution in [0.2, 0.25) is 0 Å². The molecular weight excluding hydrogens is 422 g/mol. The summed E-state index contributed by atoms with van der Waals surface area (Å²) in [6.07, 6.45) is -0.0139. The van der Waals surface area contributed by atoms with E-state index in [4.69, 9.17) is 0 Å². The van der Waals surface area contributed by atoms with Crippen molar-refractivity contribution in [3.63, 3.8) is 0 Å². The zero-order valence-electron chi connectivity index (χ0n) is 16.9. The molecule has 32 heavy (non-hydrogen) atoms. The lowest BCUT2D eigenvalue weighted by molar-refractivity contribution is -0.386. The molecule has 0 radical (unpaired) electrons. The van der Waals surface area contributed by atoms with E-state index in [1.807, 2.05) is 42.5 Å². The Labute approximate surface area is 180 Å². The molecule has 0 aliphatic carbocycles. The Bertz CT molecular complexity index is 1310. The number of rotatable bonds is 7. The van der Waals surface area contributed by atoms with E-state index < -0.39 is 35.2 Å². The molecule has 0 bridgehead atoms. The molecule has 0 aliphatic rings. The Morgan fingerprint density at radius 3 is 2.69 bits per heavy atom. The highest BCUT2D eigenvalue weighted by Crippen LogP contribution is 2.30. The molecule has 11 heteroatoms. The quantitative estimate of drug-likeness (QED) is 0.344. The molecule has 2 aromatic carbocycles. The first kappa shape index (κ1) is 21.1. The number of fused-ring (bicyclic) bond motifs is 1. The zero-order valence-corrected chi connectivity index (χ0v) is 16.9. The number of carbonyl (C=O) groups excluding carboxylic acids is 1. The summed E-state index contributed by atoms with van der Waals surface area (Å²) < 4.78 is 28.7. The van der Waals surface area contributed by atoms with Crippen molar-refractivity contribution in [2.75, 3.05) is 5.32 Å². The highest BCUT2D eigenvalue weighted by atomic mass is 19.3. The first-order chi connectivity index (χ1) is 15.3. The fourth-order valence-electron chi connectivity index (χ4n) is 3.54. The molecule has 0 aliphatic heterocycles. The van der Waals surface area contributed by atoms with Crippen LogP contribution in [-0.4, -0.2) is 30.4 Å². The van der Waals surface area contributed by atoms with E-state index >= 15 is 0 Å². The molecule has 9 nitrogen and oxygen atoms in total. The maximum Gasteiger partial charge on any atom is 0.319 e. The van der Waals surface area contributed by atoms with Gasteiger partial charge in [0.1, 0.15) is 12.2 Å². The molecular formula is C21H18F2N6O3. The summed E-state index contributed by atoms with van der Waals surface area (Å²) >= 11 is 0. The van der Waals surface area contributed by atoms with Crippen molar-refractivity contribution in [1.29, 1.82) is 0 Å². The van der Waals surface area contributed by atoms with Gasteiger partial charge in [0.05, 0.1) is 23.4 Å². The van der Waals surface area contributed by atoms with Crippen molar-refractivity contribution in [2.45, 2.75) is 26.4 Å². The first-order valence-corrected chi connectivity index (χ1v) is 9.62. The number of nitrogens with zero attached hydrogens (tertiary/aromatic N) is 5. The second kappa shape index (κ2) is 8.53. The van der Waals surface area contributed by atoms with Crippen LogP contribution < -0.4 is 5.32 Å². The number of hydrogen-bond donors (Lipinski definition) is 1. The lowest BCUT2D eigenvalue weighted by Gasteiger charge is -2.07. The van der Waals surface area contributed by atoms with Crippen molar-refractivity contribution < 1.29 is 18.5 Å². The van der Waals surface area contributed by atoms with Gasteiger partial charge in [0.25, 0.3) is 6.43 Å². The minimum atomic E-state index is -3.12. The SMILES string of the molecule is Cc1c([N+](=O)[O-])c(C(F)F)nn1CC(=O)Nc1cnn(Cc2cccc3ccccc23)c1.